The predicted octanol–water partition coefficient (Wildman–Crippen LogP) is 13.4. The van der Waals surface area contributed by atoms with Crippen LogP contribution in [0.3, 0.4) is 0 Å². The van der Waals surface area contributed by atoms with E-state index in [0.29, 0.717) is 28.2 Å². The first-order chi connectivity index (χ1) is 36.3. The second kappa shape index (κ2) is 15.1. The number of benzene rings is 8. The summed E-state index contributed by atoms with van der Waals surface area (Å²) in [7, 11) is -2.39. The van der Waals surface area contributed by atoms with Crippen LogP contribution in [0.5, 0.6) is 11.5 Å². The SMILES string of the molecule is [2H]c1c([2H])c([2H])c(-c2cccc(-c3c([2H])c([2H])c([2H])c([2H])c3[2H])c2-[n+]2[c-]n(-c3cccc(Oc4cc5c(c6c4-c4ccccc4[Si]6(C)C)c4ccccc4n5-c4cc(C(C)(C)C)ccn4)c3)c3ccccc32)c([2H])c1[2H]. The molecule has 0 radical (unpaired) electrons. The summed E-state index contributed by atoms with van der Waals surface area (Å²) in [5.74, 6) is 2.04. The van der Waals surface area contributed by atoms with Gasteiger partial charge in [-0.15, -0.1) is 0 Å². The minimum atomic E-state index is -2.39. The minimum Gasteiger partial charge on any atom is -0.457 e. The fraction of sp³-hybridized carbons (Fsp3) is 0.100. The normalized spacial score (nSPS) is 15.2. The van der Waals surface area contributed by atoms with Gasteiger partial charge >= 0.3 is 0 Å². The van der Waals surface area contributed by atoms with E-state index in [1.165, 1.54) is 21.3 Å². The molecule has 1 aliphatic rings. The van der Waals surface area contributed by atoms with Crippen molar-refractivity contribution in [1.29, 1.82) is 0 Å². The molecule has 66 heavy (non-hydrogen) atoms. The Balaban J connectivity index is 1.09. The lowest BCUT2D eigenvalue weighted by Crippen LogP contribution is -2.49. The number of nitrogens with zero attached hydrogens (tertiary/aromatic N) is 4. The van der Waals surface area contributed by atoms with Crippen LogP contribution in [0.2, 0.25) is 13.1 Å². The molecule has 0 bridgehead atoms. The Bertz CT molecular complexity index is 4170. The van der Waals surface area contributed by atoms with Gasteiger partial charge in [-0.2, -0.15) is 0 Å². The molecule has 5 nitrogen and oxygen atoms in total. The summed E-state index contributed by atoms with van der Waals surface area (Å²) >= 11 is 0. The molecule has 0 spiro atoms. The maximum absolute atomic E-state index is 9.10. The van der Waals surface area contributed by atoms with Gasteiger partial charge in [0.15, 0.2) is 0 Å². The number of ether oxygens (including phenoxy) is 1. The summed E-state index contributed by atoms with van der Waals surface area (Å²) in [6, 6.07) is 38.4. The Hall–Kier alpha value is -7.80. The number of fused-ring (bicyclic) bond motifs is 8. The van der Waals surface area contributed by atoms with Crippen LogP contribution in [-0.2, 0) is 5.41 Å². The van der Waals surface area contributed by atoms with E-state index in [0.717, 1.165) is 33.4 Å². The Morgan fingerprint density at radius 2 is 1.30 bits per heavy atom. The average molecular weight is 879 g/mol. The average Bonchev–Trinajstić information content (AvgIpc) is 4.13. The zero-order chi connectivity index (χ0) is 53.4. The van der Waals surface area contributed by atoms with Crippen LogP contribution in [0, 0.1) is 6.33 Å². The van der Waals surface area contributed by atoms with Crippen molar-refractivity contribution in [2.75, 3.05) is 0 Å². The largest absolute Gasteiger partial charge is 0.457 e. The molecule has 0 saturated heterocycles. The van der Waals surface area contributed by atoms with E-state index in [-0.39, 0.29) is 33.4 Å². The number of pyridine rings is 1. The number of imidazole rings is 1. The van der Waals surface area contributed by atoms with Gasteiger partial charge in [0.05, 0.1) is 47.1 Å². The van der Waals surface area contributed by atoms with E-state index in [9.17, 15) is 0 Å². The van der Waals surface area contributed by atoms with Crippen LogP contribution < -0.4 is 19.7 Å². The van der Waals surface area contributed by atoms with Crippen molar-refractivity contribution in [1.82, 2.24) is 14.1 Å². The second-order valence-electron chi connectivity index (χ2n) is 18.3. The van der Waals surface area contributed by atoms with Gasteiger partial charge in [0.1, 0.15) is 25.4 Å². The maximum Gasteiger partial charge on any atom is 0.269 e. The first kappa shape index (κ1) is 30.4. The predicted molar refractivity (Wildman–Crippen MR) is 274 cm³/mol. The number of hydrogen-bond acceptors (Lipinski definition) is 2. The van der Waals surface area contributed by atoms with Gasteiger partial charge in [0, 0.05) is 28.6 Å². The van der Waals surface area contributed by atoms with Gasteiger partial charge in [-0.25, -0.2) is 4.98 Å². The van der Waals surface area contributed by atoms with Crippen LogP contribution in [0.25, 0.3) is 83.4 Å². The summed E-state index contributed by atoms with van der Waals surface area (Å²) in [6.45, 7) is 11.4. The van der Waals surface area contributed by atoms with Crippen molar-refractivity contribution in [2.24, 2.45) is 0 Å². The van der Waals surface area contributed by atoms with E-state index in [1.54, 1.807) is 22.8 Å². The highest BCUT2D eigenvalue weighted by Gasteiger charge is 2.42. The smallest absolute Gasteiger partial charge is 0.269 e. The van der Waals surface area contributed by atoms with Crippen LogP contribution in [0.4, 0.5) is 0 Å². The molecule has 318 valence electrons. The fourth-order valence-electron chi connectivity index (χ4n) is 9.90. The molecule has 0 saturated carbocycles. The molecule has 0 aliphatic carbocycles. The van der Waals surface area contributed by atoms with E-state index in [4.69, 9.17) is 23.4 Å². The molecule has 8 aromatic carbocycles. The van der Waals surface area contributed by atoms with Crippen LogP contribution >= 0.6 is 0 Å². The zero-order valence-corrected chi connectivity index (χ0v) is 38.0. The maximum atomic E-state index is 9.10. The second-order valence-corrected chi connectivity index (χ2v) is 22.5. The molecule has 1 aliphatic heterocycles. The summed E-state index contributed by atoms with van der Waals surface area (Å²) in [5, 5.41) is 4.94. The first-order valence-corrected chi connectivity index (χ1v) is 25.0. The van der Waals surface area contributed by atoms with Gasteiger partial charge < -0.3 is 4.74 Å². The van der Waals surface area contributed by atoms with E-state index in [1.807, 2.05) is 59.3 Å². The number of hydrogen-bond donors (Lipinski definition) is 0. The first-order valence-electron chi connectivity index (χ1n) is 27.0. The van der Waals surface area contributed by atoms with Gasteiger partial charge in [-0.3, -0.25) is 13.7 Å². The van der Waals surface area contributed by atoms with Crippen molar-refractivity contribution < 1.29 is 23.0 Å². The molecule has 3 aromatic heterocycles. The highest BCUT2D eigenvalue weighted by atomic mass is 28.3. The molecule has 0 fully saturated rings. The molecular weight excluding hydrogens is 821 g/mol. The number of aromatic nitrogens is 4. The quantitative estimate of drug-likeness (QED) is 0.0908. The summed E-state index contributed by atoms with van der Waals surface area (Å²) in [5.41, 5.74) is 7.40. The molecule has 12 rings (SSSR count). The standard InChI is InChI=1S/C60H48N4OSi/c1-60(2,3)42-34-35-61-55(36-42)64-49-30-14-12-26-47(49)56-52(64)38-53(57-48-27-13-17-33-54(48)66(4,5)59(56)57)65-44-25-18-24-43(37-44)62-39-63(51-32-16-15-31-50(51)62)58-45(40-20-8-6-9-21-40)28-19-29-46(58)41-22-10-7-11-23-41/h6-38H,1-5H3/i6D,7D,8D,9D,10D,11D,20D,21D,22D,23D. The van der Waals surface area contributed by atoms with Crippen molar-refractivity contribution >= 4 is 51.3 Å². The zero-order valence-electron chi connectivity index (χ0n) is 47.0. The topological polar surface area (TPSA) is 35.9 Å². The minimum absolute atomic E-state index is 0.115. The molecule has 0 N–H and O–H groups in total. The van der Waals surface area contributed by atoms with E-state index < -0.39 is 68.5 Å². The van der Waals surface area contributed by atoms with E-state index >= 15 is 0 Å². The highest BCUT2D eigenvalue weighted by Crippen LogP contribution is 2.45. The lowest BCUT2D eigenvalue weighted by Gasteiger charge is -2.22. The molecule has 0 atom stereocenters. The van der Waals surface area contributed by atoms with Gasteiger partial charge in [0.2, 0.25) is 0 Å². The van der Waals surface area contributed by atoms with E-state index in [2.05, 4.69) is 111 Å². The highest BCUT2D eigenvalue weighted by molar-refractivity contribution is 7.05. The summed E-state index contributed by atoms with van der Waals surface area (Å²) in [4.78, 5) is 5.00. The third-order valence-electron chi connectivity index (χ3n) is 12.9. The lowest BCUT2D eigenvalue weighted by atomic mass is 9.88. The fourth-order valence-corrected chi connectivity index (χ4v) is 13.3. The van der Waals surface area contributed by atoms with Gasteiger partial charge in [-0.1, -0.05) is 185 Å². The van der Waals surface area contributed by atoms with Crippen molar-refractivity contribution in [3.63, 3.8) is 0 Å². The molecule has 0 amide bonds. The van der Waals surface area contributed by atoms with Crippen molar-refractivity contribution in [3.05, 3.63) is 212 Å². The lowest BCUT2D eigenvalue weighted by molar-refractivity contribution is -0.571. The monoisotopic (exact) mass is 878 g/mol. The third-order valence-corrected chi connectivity index (χ3v) is 16.5. The third kappa shape index (κ3) is 6.27. The molecule has 6 heteroatoms. The van der Waals surface area contributed by atoms with Crippen molar-refractivity contribution in [3.8, 4) is 62.1 Å². The molecule has 0 unspecified atom stereocenters. The Morgan fingerprint density at radius 1 is 0.652 bits per heavy atom. The van der Waals surface area contributed by atoms with Crippen LogP contribution in [-0.4, -0.2) is 22.2 Å². The van der Waals surface area contributed by atoms with Crippen LogP contribution in [0.15, 0.2) is 200 Å². The summed E-state index contributed by atoms with van der Waals surface area (Å²) < 4.78 is 101. The summed E-state index contributed by atoms with van der Waals surface area (Å²) in [6.07, 6.45) is 5.39. The Labute approximate surface area is 400 Å². The number of rotatable bonds is 7. The molecular formula is C60H48N4OSi. The van der Waals surface area contributed by atoms with Gasteiger partial charge in [-0.05, 0) is 85.6 Å². The van der Waals surface area contributed by atoms with Crippen LogP contribution in [0.1, 0.15) is 40.0 Å². The van der Waals surface area contributed by atoms with Crippen molar-refractivity contribution in [2.45, 2.75) is 39.3 Å². The molecule has 11 aromatic rings. The van der Waals surface area contributed by atoms with Gasteiger partial charge in [0.25, 0.3) is 6.33 Å². The number of para-hydroxylation sites is 4. The Kier molecular flexibility index (Phi) is 6.97. The Morgan fingerprint density at radius 3 is 2.05 bits per heavy atom. The molecule has 4 heterocycles.